The second-order valence-electron chi connectivity index (χ2n) is 4.03. The van der Waals surface area contributed by atoms with Crippen LogP contribution in [0.15, 0.2) is 16.7 Å². The molecule has 0 aromatic carbocycles. The summed E-state index contributed by atoms with van der Waals surface area (Å²) in [5, 5.41) is 0. The minimum absolute atomic E-state index is 0.197. The first-order valence-electron chi connectivity index (χ1n) is 4.87. The van der Waals surface area contributed by atoms with Crippen LogP contribution in [0, 0.1) is 12.8 Å². The summed E-state index contributed by atoms with van der Waals surface area (Å²) in [4.78, 5) is 4.37. The predicted molar refractivity (Wildman–Crippen MR) is 63.2 cm³/mol. The summed E-state index contributed by atoms with van der Waals surface area (Å²) in [7, 11) is 0. The Morgan fingerprint density at radius 2 is 2.14 bits per heavy atom. The molecule has 0 spiro atoms. The molecule has 0 radical (unpaired) electrons. The average Bonchev–Trinajstić information content (AvgIpc) is 2.09. The average molecular weight is 257 g/mol. The van der Waals surface area contributed by atoms with Crippen molar-refractivity contribution in [3.8, 4) is 0 Å². The third-order valence-corrected chi connectivity index (χ3v) is 2.87. The minimum atomic E-state index is 0.197. The van der Waals surface area contributed by atoms with Crippen LogP contribution in [0.3, 0.4) is 0 Å². The zero-order chi connectivity index (χ0) is 10.7. The highest BCUT2D eigenvalue weighted by Gasteiger charge is 2.11. The maximum Gasteiger partial charge on any atom is 0.0449 e. The third-order valence-electron chi connectivity index (χ3n) is 2.44. The van der Waals surface area contributed by atoms with Crippen molar-refractivity contribution >= 4 is 15.9 Å². The summed E-state index contributed by atoms with van der Waals surface area (Å²) < 4.78 is 1.02. The fraction of sp³-hybridized carbons (Fsp3) is 0.545. The molecule has 1 atom stereocenters. The van der Waals surface area contributed by atoms with Gasteiger partial charge in [0.1, 0.15) is 0 Å². The smallest absolute Gasteiger partial charge is 0.0449 e. The monoisotopic (exact) mass is 256 g/mol. The summed E-state index contributed by atoms with van der Waals surface area (Å²) in [6.45, 7) is 6.35. The summed E-state index contributed by atoms with van der Waals surface area (Å²) in [6.07, 6.45) is 2.69. The number of aromatic nitrogens is 1. The molecule has 0 aliphatic rings. The first kappa shape index (κ1) is 11.7. The van der Waals surface area contributed by atoms with Gasteiger partial charge in [-0.15, -0.1) is 0 Å². The van der Waals surface area contributed by atoms with Gasteiger partial charge in [0.15, 0.2) is 0 Å². The van der Waals surface area contributed by atoms with E-state index in [4.69, 9.17) is 5.73 Å². The molecule has 0 aliphatic carbocycles. The number of hydrogen-bond donors (Lipinski definition) is 1. The molecule has 1 aromatic heterocycles. The van der Waals surface area contributed by atoms with E-state index in [-0.39, 0.29) is 6.04 Å². The van der Waals surface area contributed by atoms with Gasteiger partial charge in [-0.2, -0.15) is 0 Å². The second-order valence-corrected chi connectivity index (χ2v) is 4.94. The van der Waals surface area contributed by atoms with E-state index in [0.29, 0.717) is 5.92 Å². The highest BCUT2D eigenvalue weighted by atomic mass is 79.9. The van der Waals surface area contributed by atoms with Crippen LogP contribution in [-0.4, -0.2) is 11.0 Å². The molecular formula is C11H17BrN2. The van der Waals surface area contributed by atoms with E-state index in [1.54, 1.807) is 0 Å². The van der Waals surface area contributed by atoms with Crippen LogP contribution in [0.4, 0.5) is 0 Å². The van der Waals surface area contributed by atoms with E-state index in [9.17, 15) is 0 Å². The van der Waals surface area contributed by atoms with Crippen molar-refractivity contribution in [1.29, 1.82) is 0 Å². The van der Waals surface area contributed by atoms with Gasteiger partial charge in [0.05, 0.1) is 0 Å². The lowest BCUT2D eigenvalue weighted by Gasteiger charge is -2.16. The largest absolute Gasteiger partial charge is 0.327 e. The van der Waals surface area contributed by atoms with Crippen molar-refractivity contribution in [2.24, 2.45) is 11.7 Å². The Kier molecular flexibility index (Phi) is 4.08. The molecule has 1 unspecified atom stereocenters. The summed E-state index contributed by atoms with van der Waals surface area (Å²) in [6, 6.07) is 2.28. The molecule has 0 fully saturated rings. The van der Waals surface area contributed by atoms with Gasteiger partial charge in [0.2, 0.25) is 0 Å². The number of rotatable bonds is 3. The Balaban J connectivity index is 2.77. The van der Waals surface area contributed by atoms with E-state index in [1.807, 2.05) is 6.20 Å². The second kappa shape index (κ2) is 4.89. The van der Waals surface area contributed by atoms with E-state index in [1.165, 1.54) is 5.56 Å². The number of aryl methyl sites for hydroxylation is 1. The quantitative estimate of drug-likeness (QED) is 0.904. The summed E-state index contributed by atoms with van der Waals surface area (Å²) in [5.74, 6) is 0.500. The van der Waals surface area contributed by atoms with Crippen LogP contribution in [0.2, 0.25) is 0 Å². The van der Waals surface area contributed by atoms with Gasteiger partial charge in [-0.05, 0) is 40.4 Å². The Hall–Kier alpha value is -0.410. The lowest BCUT2D eigenvalue weighted by Crippen LogP contribution is -2.29. The maximum atomic E-state index is 6.00. The van der Waals surface area contributed by atoms with Crippen molar-refractivity contribution in [2.75, 3.05) is 0 Å². The van der Waals surface area contributed by atoms with Gasteiger partial charge < -0.3 is 5.73 Å². The number of hydrogen-bond acceptors (Lipinski definition) is 2. The molecule has 0 aliphatic heterocycles. The first-order chi connectivity index (χ1) is 6.50. The van der Waals surface area contributed by atoms with Crippen molar-refractivity contribution in [3.05, 3.63) is 28.0 Å². The molecule has 1 heterocycles. The van der Waals surface area contributed by atoms with Crippen molar-refractivity contribution in [1.82, 2.24) is 4.98 Å². The van der Waals surface area contributed by atoms with Crippen LogP contribution < -0.4 is 5.73 Å². The van der Waals surface area contributed by atoms with Gasteiger partial charge in [-0.1, -0.05) is 13.8 Å². The highest BCUT2D eigenvalue weighted by Crippen LogP contribution is 2.15. The Morgan fingerprint density at radius 1 is 1.50 bits per heavy atom. The summed E-state index contributed by atoms with van der Waals surface area (Å²) in [5.41, 5.74) is 8.31. The molecular weight excluding hydrogens is 240 g/mol. The Morgan fingerprint density at radius 3 is 2.64 bits per heavy atom. The fourth-order valence-corrected chi connectivity index (χ4v) is 1.69. The standard InChI is InChI=1S/C11H17BrN2/c1-7(2)10(13)5-11-8(3)4-9(12)6-14-11/h4,6-7,10H,5,13H2,1-3H3. The van der Waals surface area contributed by atoms with Gasteiger partial charge in [0.25, 0.3) is 0 Å². The number of halogens is 1. The molecule has 78 valence electrons. The lowest BCUT2D eigenvalue weighted by atomic mass is 9.98. The zero-order valence-electron chi connectivity index (χ0n) is 8.92. The predicted octanol–water partition coefficient (Wildman–Crippen LogP) is 2.68. The zero-order valence-corrected chi connectivity index (χ0v) is 10.5. The van der Waals surface area contributed by atoms with Crippen molar-refractivity contribution < 1.29 is 0 Å². The molecule has 2 nitrogen and oxygen atoms in total. The highest BCUT2D eigenvalue weighted by molar-refractivity contribution is 9.10. The maximum absolute atomic E-state index is 6.00. The van der Waals surface area contributed by atoms with Crippen LogP contribution in [-0.2, 0) is 6.42 Å². The normalized spacial score (nSPS) is 13.3. The SMILES string of the molecule is Cc1cc(Br)cnc1CC(N)C(C)C. The van der Waals surface area contributed by atoms with Gasteiger partial charge in [-0.25, -0.2) is 0 Å². The molecule has 0 saturated carbocycles. The number of pyridine rings is 1. The topological polar surface area (TPSA) is 38.9 Å². The Bertz CT molecular complexity index is 310. The van der Waals surface area contributed by atoms with E-state index < -0.39 is 0 Å². The number of nitrogens with zero attached hydrogens (tertiary/aromatic N) is 1. The number of nitrogens with two attached hydrogens (primary N) is 1. The van der Waals surface area contributed by atoms with Crippen LogP contribution in [0.1, 0.15) is 25.1 Å². The van der Waals surface area contributed by atoms with Gasteiger partial charge in [-0.3, -0.25) is 4.98 Å². The van der Waals surface area contributed by atoms with Crippen molar-refractivity contribution in [2.45, 2.75) is 33.2 Å². The Labute approximate surface area is 94.0 Å². The third kappa shape index (κ3) is 3.07. The molecule has 1 rings (SSSR count). The minimum Gasteiger partial charge on any atom is -0.327 e. The molecule has 3 heteroatoms. The van der Waals surface area contributed by atoms with Crippen molar-refractivity contribution in [3.63, 3.8) is 0 Å². The molecule has 0 saturated heterocycles. The van der Waals surface area contributed by atoms with Crippen LogP contribution in [0.5, 0.6) is 0 Å². The first-order valence-corrected chi connectivity index (χ1v) is 5.66. The lowest BCUT2D eigenvalue weighted by molar-refractivity contribution is 0.485. The molecule has 2 N–H and O–H groups in total. The van der Waals surface area contributed by atoms with Crippen LogP contribution >= 0.6 is 15.9 Å². The molecule has 0 amide bonds. The van der Waals surface area contributed by atoms with Crippen LogP contribution in [0.25, 0.3) is 0 Å². The fourth-order valence-electron chi connectivity index (χ4n) is 1.24. The molecule has 1 aromatic rings. The van der Waals surface area contributed by atoms with E-state index >= 15 is 0 Å². The van der Waals surface area contributed by atoms with Gasteiger partial charge in [0, 0.05) is 28.8 Å². The molecule has 0 bridgehead atoms. The summed E-state index contributed by atoms with van der Waals surface area (Å²) >= 11 is 3.40. The van der Waals surface area contributed by atoms with Gasteiger partial charge >= 0.3 is 0 Å². The van der Waals surface area contributed by atoms with E-state index in [0.717, 1.165) is 16.6 Å². The molecule has 14 heavy (non-hydrogen) atoms. The van der Waals surface area contributed by atoms with E-state index in [2.05, 4.69) is 47.8 Å².